The Morgan fingerprint density at radius 3 is 2.77 bits per heavy atom. The summed E-state index contributed by atoms with van der Waals surface area (Å²) in [7, 11) is 0. The molecule has 0 spiro atoms. The molecule has 13 heavy (non-hydrogen) atoms. The second-order valence-electron chi connectivity index (χ2n) is 2.56. The predicted octanol–water partition coefficient (Wildman–Crippen LogP) is 1.43. The van der Waals surface area contributed by atoms with E-state index in [0.717, 1.165) is 12.8 Å². The Balaban J connectivity index is 2.40. The monoisotopic (exact) mass is 180 g/mol. The number of nitrogens with zero attached hydrogens (tertiary/aromatic N) is 2. The molecule has 0 saturated heterocycles. The number of rotatable bonds is 4. The first-order chi connectivity index (χ1) is 6.34. The SMILES string of the molecule is CCCCOC(=O)c1ncccn1. The van der Waals surface area contributed by atoms with E-state index >= 15 is 0 Å². The van der Waals surface area contributed by atoms with E-state index in [1.807, 2.05) is 6.92 Å². The van der Waals surface area contributed by atoms with Gasteiger partial charge in [0.2, 0.25) is 5.82 Å². The average molecular weight is 180 g/mol. The van der Waals surface area contributed by atoms with E-state index in [1.54, 1.807) is 6.07 Å². The zero-order valence-corrected chi connectivity index (χ0v) is 7.56. The summed E-state index contributed by atoms with van der Waals surface area (Å²) in [4.78, 5) is 18.7. The lowest BCUT2D eigenvalue weighted by molar-refractivity contribution is 0.0485. The first-order valence-electron chi connectivity index (χ1n) is 4.28. The Kier molecular flexibility index (Phi) is 3.88. The fourth-order valence-electron chi connectivity index (χ4n) is 0.778. The molecule has 0 unspecified atom stereocenters. The van der Waals surface area contributed by atoms with Gasteiger partial charge in [-0.15, -0.1) is 0 Å². The summed E-state index contributed by atoms with van der Waals surface area (Å²) in [5, 5.41) is 0. The van der Waals surface area contributed by atoms with E-state index in [0.29, 0.717) is 6.61 Å². The van der Waals surface area contributed by atoms with E-state index in [-0.39, 0.29) is 5.82 Å². The van der Waals surface area contributed by atoms with Gasteiger partial charge in [-0.3, -0.25) is 0 Å². The lowest BCUT2D eigenvalue weighted by atomic mass is 10.4. The normalized spacial score (nSPS) is 9.62. The fraction of sp³-hybridized carbons (Fsp3) is 0.444. The van der Waals surface area contributed by atoms with Crippen molar-refractivity contribution in [1.82, 2.24) is 9.97 Å². The van der Waals surface area contributed by atoms with Crippen molar-refractivity contribution in [2.75, 3.05) is 6.61 Å². The van der Waals surface area contributed by atoms with Crippen molar-refractivity contribution in [3.8, 4) is 0 Å². The Morgan fingerprint density at radius 2 is 2.15 bits per heavy atom. The van der Waals surface area contributed by atoms with Gasteiger partial charge in [0.25, 0.3) is 0 Å². The second-order valence-corrected chi connectivity index (χ2v) is 2.56. The molecule has 0 aliphatic heterocycles. The molecule has 0 aliphatic carbocycles. The fourth-order valence-corrected chi connectivity index (χ4v) is 0.778. The summed E-state index contributed by atoms with van der Waals surface area (Å²) in [5.74, 6) is -0.326. The maximum atomic E-state index is 11.2. The Hall–Kier alpha value is -1.45. The van der Waals surface area contributed by atoms with E-state index in [9.17, 15) is 4.79 Å². The third-order valence-corrected chi connectivity index (χ3v) is 1.48. The quantitative estimate of drug-likeness (QED) is 0.519. The third-order valence-electron chi connectivity index (χ3n) is 1.48. The summed E-state index contributed by atoms with van der Waals surface area (Å²) < 4.78 is 4.90. The maximum Gasteiger partial charge on any atom is 0.376 e. The molecule has 0 saturated carbocycles. The molecule has 0 radical (unpaired) electrons. The predicted molar refractivity (Wildman–Crippen MR) is 47.2 cm³/mol. The minimum absolute atomic E-state index is 0.124. The molecular weight excluding hydrogens is 168 g/mol. The van der Waals surface area contributed by atoms with Crippen molar-refractivity contribution < 1.29 is 9.53 Å². The molecule has 0 fully saturated rings. The van der Waals surface area contributed by atoms with Crippen LogP contribution >= 0.6 is 0 Å². The lowest BCUT2D eigenvalue weighted by Crippen LogP contribution is -2.09. The summed E-state index contributed by atoms with van der Waals surface area (Å²) in [6.07, 6.45) is 4.91. The van der Waals surface area contributed by atoms with Crippen molar-refractivity contribution in [2.24, 2.45) is 0 Å². The van der Waals surface area contributed by atoms with Crippen LogP contribution in [0.25, 0.3) is 0 Å². The number of hydrogen-bond donors (Lipinski definition) is 0. The molecule has 1 aromatic rings. The average Bonchev–Trinajstić information content (AvgIpc) is 2.19. The van der Waals surface area contributed by atoms with Crippen LogP contribution in [0, 0.1) is 0 Å². The van der Waals surface area contributed by atoms with Gasteiger partial charge in [-0.1, -0.05) is 13.3 Å². The Labute approximate surface area is 77.0 Å². The Morgan fingerprint density at radius 1 is 1.46 bits per heavy atom. The second kappa shape index (κ2) is 5.24. The molecule has 1 aromatic heterocycles. The largest absolute Gasteiger partial charge is 0.460 e. The molecule has 0 N–H and O–H groups in total. The van der Waals surface area contributed by atoms with E-state index in [4.69, 9.17) is 4.74 Å². The van der Waals surface area contributed by atoms with Crippen molar-refractivity contribution in [3.63, 3.8) is 0 Å². The zero-order chi connectivity index (χ0) is 9.52. The standard InChI is InChI=1S/C9H12N2O2/c1-2-3-7-13-9(12)8-10-5-4-6-11-8/h4-6H,2-3,7H2,1H3. The zero-order valence-electron chi connectivity index (χ0n) is 7.56. The topological polar surface area (TPSA) is 52.1 Å². The van der Waals surface area contributed by atoms with Gasteiger partial charge < -0.3 is 4.74 Å². The lowest BCUT2D eigenvalue weighted by Gasteiger charge is -2.00. The number of unbranched alkanes of at least 4 members (excludes halogenated alkanes) is 1. The smallest absolute Gasteiger partial charge is 0.376 e. The van der Waals surface area contributed by atoms with Crippen LogP contribution in [0.15, 0.2) is 18.5 Å². The summed E-state index contributed by atoms with van der Waals surface area (Å²) >= 11 is 0. The van der Waals surface area contributed by atoms with Crippen LogP contribution in [0.5, 0.6) is 0 Å². The molecule has 1 rings (SSSR count). The Bertz CT molecular complexity index is 262. The molecule has 0 aromatic carbocycles. The number of carbonyl (C=O) groups excluding carboxylic acids is 1. The van der Waals surface area contributed by atoms with Gasteiger partial charge in [0.15, 0.2) is 0 Å². The third kappa shape index (κ3) is 3.19. The molecule has 0 aliphatic rings. The first kappa shape index (κ1) is 9.64. The summed E-state index contributed by atoms with van der Waals surface area (Å²) in [6, 6.07) is 1.66. The van der Waals surface area contributed by atoms with Crippen molar-refractivity contribution >= 4 is 5.97 Å². The molecule has 4 heteroatoms. The van der Waals surface area contributed by atoms with Crippen molar-refractivity contribution in [2.45, 2.75) is 19.8 Å². The molecular formula is C9H12N2O2. The van der Waals surface area contributed by atoms with Gasteiger partial charge in [-0.05, 0) is 12.5 Å². The van der Waals surface area contributed by atoms with Crippen molar-refractivity contribution in [3.05, 3.63) is 24.3 Å². The van der Waals surface area contributed by atoms with Gasteiger partial charge in [0.05, 0.1) is 6.61 Å². The number of carbonyl (C=O) groups is 1. The van der Waals surface area contributed by atoms with Crippen LogP contribution in [0.2, 0.25) is 0 Å². The molecule has 4 nitrogen and oxygen atoms in total. The highest BCUT2D eigenvalue weighted by Gasteiger charge is 2.08. The van der Waals surface area contributed by atoms with Crippen LogP contribution in [-0.4, -0.2) is 22.5 Å². The van der Waals surface area contributed by atoms with E-state index < -0.39 is 5.97 Å². The van der Waals surface area contributed by atoms with Gasteiger partial charge in [0, 0.05) is 12.4 Å². The molecule has 0 atom stereocenters. The highest BCUT2D eigenvalue weighted by Crippen LogP contribution is 1.94. The van der Waals surface area contributed by atoms with Crippen LogP contribution < -0.4 is 0 Å². The molecule has 0 amide bonds. The van der Waals surface area contributed by atoms with Gasteiger partial charge in [-0.25, -0.2) is 14.8 Å². The number of esters is 1. The minimum atomic E-state index is -0.450. The van der Waals surface area contributed by atoms with E-state index in [1.165, 1.54) is 12.4 Å². The maximum absolute atomic E-state index is 11.2. The summed E-state index contributed by atoms with van der Waals surface area (Å²) in [6.45, 7) is 2.47. The number of ether oxygens (including phenoxy) is 1. The highest BCUT2D eigenvalue weighted by atomic mass is 16.5. The highest BCUT2D eigenvalue weighted by molar-refractivity contribution is 5.84. The van der Waals surface area contributed by atoms with Crippen LogP contribution in [-0.2, 0) is 4.74 Å². The van der Waals surface area contributed by atoms with Crippen LogP contribution in [0.3, 0.4) is 0 Å². The number of hydrogen-bond acceptors (Lipinski definition) is 4. The number of aromatic nitrogens is 2. The van der Waals surface area contributed by atoms with Gasteiger partial charge in [0.1, 0.15) is 0 Å². The molecule has 70 valence electrons. The van der Waals surface area contributed by atoms with Crippen LogP contribution in [0.1, 0.15) is 30.4 Å². The van der Waals surface area contributed by atoms with Crippen molar-refractivity contribution in [1.29, 1.82) is 0 Å². The molecule has 1 heterocycles. The summed E-state index contributed by atoms with van der Waals surface area (Å²) in [5.41, 5.74) is 0. The minimum Gasteiger partial charge on any atom is -0.460 e. The first-order valence-corrected chi connectivity index (χ1v) is 4.28. The molecule has 0 bridgehead atoms. The van der Waals surface area contributed by atoms with E-state index in [2.05, 4.69) is 9.97 Å². The van der Waals surface area contributed by atoms with Gasteiger partial charge in [-0.2, -0.15) is 0 Å². The van der Waals surface area contributed by atoms with Gasteiger partial charge >= 0.3 is 5.97 Å². The van der Waals surface area contributed by atoms with Crippen LogP contribution in [0.4, 0.5) is 0 Å².